The zero-order valence-electron chi connectivity index (χ0n) is 18.6. The SMILES string of the molecule is Cc1ccc(NC(=O)[C@H](C)Sc2cc(C)c3cc(S(=O)(=O)N(C)C)ccc3n2)cc1C. The van der Waals surface area contributed by atoms with Crippen LogP contribution in [0.1, 0.15) is 23.6 Å². The van der Waals surface area contributed by atoms with Gasteiger partial charge in [-0.2, -0.15) is 0 Å². The van der Waals surface area contributed by atoms with Gasteiger partial charge < -0.3 is 5.32 Å². The molecule has 0 saturated carbocycles. The molecule has 3 rings (SSSR count). The van der Waals surface area contributed by atoms with E-state index in [1.807, 2.05) is 52.0 Å². The van der Waals surface area contributed by atoms with Gasteiger partial charge in [-0.3, -0.25) is 4.79 Å². The Morgan fingerprint density at radius 1 is 1.00 bits per heavy atom. The summed E-state index contributed by atoms with van der Waals surface area (Å²) in [6.45, 7) is 7.81. The van der Waals surface area contributed by atoms with E-state index in [-0.39, 0.29) is 16.1 Å². The Morgan fingerprint density at radius 3 is 2.35 bits per heavy atom. The third-order valence-electron chi connectivity index (χ3n) is 5.18. The second-order valence-electron chi connectivity index (χ2n) is 7.79. The number of sulfonamides is 1. The number of thioether (sulfide) groups is 1. The van der Waals surface area contributed by atoms with Gasteiger partial charge >= 0.3 is 0 Å². The minimum Gasteiger partial charge on any atom is -0.325 e. The van der Waals surface area contributed by atoms with E-state index in [9.17, 15) is 13.2 Å². The predicted molar refractivity (Wildman–Crippen MR) is 127 cm³/mol. The number of benzene rings is 2. The number of hydrogen-bond donors (Lipinski definition) is 1. The molecule has 0 aliphatic heterocycles. The number of rotatable bonds is 6. The van der Waals surface area contributed by atoms with E-state index in [0.717, 1.165) is 27.2 Å². The number of hydrogen-bond acceptors (Lipinski definition) is 5. The van der Waals surface area contributed by atoms with Gasteiger partial charge in [0.1, 0.15) is 0 Å². The number of fused-ring (bicyclic) bond motifs is 1. The number of amides is 1. The molecule has 0 aliphatic carbocycles. The summed E-state index contributed by atoms with van der Waals surface area (Å²) < 4.78 is 26.0. The van der Waals surface area contributed by atoms with Crippen LogP contribution in [0, 0.1) is 20.8 Å². The summed E-state index contributed by atoms with van der Waals surface area (Å²) in [5, 5.41) is 4.11. The van der Waals surface area contributed by atoms with E-state index in [2.05, 4.69) is 10.3 Å². The molecule has 8 heteroatoms. The third kappa shape index (κ3) is 5.08. The van der Waals surface area contributed by atoms with Gasteiger partial charge in [-0.15, -0.1) is 0 Å². The highest BCUT2D eigenvalue weighted by Gasteiger charge is 2.20. The van der Waals surface area contributed by atoms with Gasteiger partial charge in [-0.1, -0.05) is 17.8 Å². The molecule has 1 atom stereocenters. The monoisotopic (exact) mass is 457 g/mol. The number of pyridine rings is 1. The second kappa shape index (κ2) is 8.98. The Balaban J connectivity index is 1.81. The number of aryl methyl sites for hydroxylation is 3. The molecule has 3 aromatic rings. The smallest absolute Gasteiger partial charge is 0.242 e. The van der Waals surface area contributed by atoms with Crippen LogP contribution < -0.4 is 5.32 Å². The summed E-state index contributed by atoms with van der Waals surface area (Å²) in [7, 11) is -0.496. The lowest BCUT2D eigenvalue weighted by atomic mass is 10.1. The van der Waals surface area contributed by atoms with E-state index in [1.54, 1.807) is 18.2 Å². The second-order valence-corrected chi connectivity index (χ2v) is 11.3. The first kappa shape index (κ1) is 23.2. The first-order chi connectivity index (χ1) is 14.5. The van der Waals surface area contributed by atoms with Crippen molar-refractivity contribution in [1.82, 2.24) is 9.29 Å². The first-order valence-corrected chi connectivity index (χ1v) is 12.2. The van der Waals surface area contributed by atoms with Crippen molar-refractivity contribution in [2.45, 2.75) is 42.9 Å². The Kier molecular flexibility index (Phi) is 6.73. The molecule has 1 N–H and O–H groups in total. The zero-order chi connectivity index (χ0) is 22.9. The molecule has 0 unspecified atom stereocenters. The summed E-state index contributed by atoms with van der Waals surface area (Å²) >= 11 is 1.37. The number of anilines is 1. The number of nitrogens with one attached hydrogen (secondary N) is 1. The van der Waals surface area contributed by atoms with Crippen LogP contribution >= 0.6 is 11.8 Å². The largest absolute Gasteiger partial charge is 0.325 e. The van der Waals surface area contributed by atoms with Crippen LogP contribution in [0.5, 0.6) is 0 Å². The number of aromatic nitrogens is 1. The van der Waals surface area contributed by atoms with Crippen LogP contribution in [-0.4, -0.2) is 43.0 Å². The zero-order valence-corrected chi connectivity index (χ0v) is 20.2. The van der Waals surface area contributed by atoms with Gasteiger partial charge in [0.2, 0.25) is 15.9 Å². The molecular weight excluding hydrogens is 430 g/mol. The van der Waals surface area contributed by atoms with E-state index in [4.69, 9.17) is 0 Å². The lowest BCUT2D eigenvalue weighted by Crippen LogP contribution is -2.22. The quantitative estimate of drug-likeness (QED) is 0.550. The molecule has 0 fully saturated rings. The molecule has 0 saturated heterocycles. The lowest BCUT2D eigenvalue weighted by Gasteiger charge is -2.15. The first-order valence-electron chi connectivity index (χ1n) is 9.88. The average molecular weight is 458 g/mol. The summed E-state index contributed by atoms with van der Waals surface area (Å²) in [4.78, 5) is 17.5. The Labute approximate surface area is 188 Å². The van der Waals surface area contributed by atoms with Crippen LogP contribution in [0.2, 0.25) is 0 Å². The molecule has 1 aromatic heterocycles. The van der Waals surface area contributed by atoms with Crippen molar-refractivity contribution in [3.8, 4) is 0 Å². The predicted octanol–water partition coefficient (Wildman–Crippen LogP) is 4.53. The van der Waals surface area contributed by atoms with Crippen LogP contribution in [0.3, 0.4) is 0 Å². The summed E-state index contributed by atoms with van der Waals surface area (Å²) in [6.07, 6.45) is 0. The highest BCUT2D eigenvalue weighted by Crippen LogP contribution is 2.29. The van der Waals surface area contributed by atoms with Gasteiger partial charge in [0.05, 0.1) is 20.7 Å². The molecule has 0 radical (unpaired) electrons. The van der Waals surface area contributed by atoms with Crippen molar-refractivity contribution in [1.29, 1.82) is 0 Å². The summed E-state index contributed by atoms with van der Waals surface area (Å²) in [5.74, 6) is -0.0970. The van der Waals surface area contributed by atoms with E-state index < -0.39 is 10.0 Å². The van der Waals surface area contributed by atoms with Crippen molar-refractivity contribution in [2.75, 3.05) is 19.4 Å². The topological polar surface area (TPSA) is 79.4 Å². The van der Waals surface area contributed by atoms with Crippen LogP contribution in [-0.2, 0) is 14.8 Å². The van der Waals surface area contributed by atoms with Crippen LogP contribution in [0.4, 0.5) is 5.69 Å². The highest BCUT2D eigenvalue weighted by atomic mass is 32.2. The van der Waals surface area contributed by atoms with Crippen molar-refractivity contribution < 1.29 is 13.2 Å². The fourth-order valence-corrected chi connectivity index (χ4v) is 4.92. The summed E-state index contributed by atoms with van der Waals surface area (Å²) in [6, 6.07) is 12.7. The fourth-order valence-electron chi connectivity index (χ4n) is 3.07. The van der Waals surface area contributed by atoms with Gasteiger partial charge in [-0.05, 0) is 80.8 Å². The van der Waals surface area contributed by atoms with E-state index in [1.165, 1.54) is 35.7 Å². The van der Waals surface area contributed by atoms with Crippen molar-refractivity contribution in [3.63, 3.8) is 0 Å². The molecule has 6 nitrogen and oxygen atoms in total. The lowest BCUT2D eigenvalue weighted by molar-refractivity contribution is -0.115. The van der Waals surface area contributed by atoms with E-state index in [0.29, 0.717) is 5.52 Å². The molecule has 31 heavy (non-hydrogen) atoms. The van der Waals surface area contributed by atoms with Gasteiger partial charge in [0.25, 0.3) is 0 Å². The highest BCUT2D eigenvalue weighted by molar-refractivity contribution is 8.00. The Morgan fingerprint density at radius 2 is 1.71 bits per heavy atom. The van der Waals surface area contributed by atoms with Gasteiger partial charge in [-0.25, -0.2) is 17.7 Å². The molecule has 164 valence electrons. The van der Waals surface area contributed by atoms with Crippen LogP contribution in [0.15, 0.2) is 52.4 Å². The minimum absolute atomic E-state index is 0.0970. The van der Waals surface area contributed by atoms with Crippen molar-refractivity contribution >= 4 is 44.3 Å². The molecule has 0 spiro atoms. The Hall–Kier alpha value is -2.42. The number of nitrogens with zero attached hydrogens (tertiary/aromatic N) is 2. The summed E-state index contributed by atoms with van der Waals surface area (Å²) in [5.41, 5.74) is 4.68. The van der Waals surface area contributed by atoms with Crippen molar-refractivity contribution in [3.05, 3.63) is 59.2 Å². The fraction of sp³-hybridized carbons (Fsp3) is 0.304. The van der Waals surface area contributed by atoms with Gasteiger partial charge in [0.15, 0.2) is 0 Å². The Bertz CT molecular complexity index is 1250. The van der Waals surface area contributed by atoms with E-state index >= 15 is 0 Å². The maximum absolute atomic E-state index is 12.6. The normalized spacial score (nSPS) is 12.9. The third-order valence-corrected chi connectivity index (χ3v) is 8.01. The standard InChI is InChI=1S/C23H27N3O3S2/c1-14-7-8-18(11-15(14)2)24-23(27)17(4)30-22-12-16(3)20-13-19(9-10-21(20)25-22)31(28,29)26(5)6/h7-13,17H,1-6H3,(H,24,27)/t17-/m0/s1. The minimum atomic E-state index is -3.51. The molecular formula is C23H27N3O3S2. The molecule has 1 amide bonds. The van der Waals surface area contributed by atoms with Crippen molar-refractivity contribution in [2.24, 2.45) is 0 Å². The molecule has 0 aliphatic rings. The van der Waals surface area contributed by atoms with Gasteiger partial charge in [0, 0.05) is 25.2 Å². The average Bonchev–Trinajstić information content (AvgIpc) is 2.70. The molecule has 0 bridgehead atoms. The molecule has 2 aromatic carbocycles. The van der Waals surface area contributed by atoms with Crippen LogP contribution in [0.25, 0.3) is 10.9 Å². The maximum atomic E-state index is 12.6. The maximum Gasteiger partial charge on any atom is 0.242 e. The number of carbonyl (C=O) groups is 1. The number of carbonyl (C=O) groups excluding carboxylic acids is 1. The molecule has 1 heterocycles.